The van der Waals surface area contributed by atoms with Gasteiger partial charge in [0, 0.05) is 24.5 Å². The molecule has 1 aliphatic rings. The van der Waals surface area contributed by atoms with Crippen LogP contribution in [0.1, 0.15) is 43.1 Å². The molecule has 1 aromatic heterocycles. The zero-order valence-corrected chi connectivity index (χ0v) is 17.3. The Kier molecular flexibility index (Phi) is 6.05. The van der Waals surface area contributed by atoms with Crippen molar-refractivity contribution in [2.24, 2.45) is 0 Å². The number of carbonyl (C=O) groups excluding carboxylic acids is 1. The van der Waals surface area contributed by atoms with Crippen molar-refractivity contribution < 1.29 is 13.9 Å². The molecule has 0 aliphatic carbocycles. The second kappa shape index (κ2) is 8.87. The third kappa shape index (κ3) is 4.73. The zero-order chi connectivity index (χ0) is 20.2. The Balaban J connectivity index is 1.27. The molecule has 4 rings (SSSR count). The van der Waals surface area contributed by atoms with E-state index >= 15 is 0 Å². The Hall–Kier alpha value is -2.53. The molecule has 1 fully saturated rings. The highest BCUT2D eigenvalue weighted by Crippen LogP contribution is 2.29. The number of carbonyl (C=O) groups is 1. The van der Waals surface area contributed by atoms with Crippen LogP contribution in [0.5, 0.6) is 5.75 Å². The van der Waals surface area contributed by atoms with E-state index in [0.29, 0.717) is 26.0 Å². The standard InChI is InChI=1S/C23H25ClN2O3/c1-16-14-18(10-11-19(16)24)28-13-5-9-22(27)26-12-4-6-17(15-26)23-25-20-7-2-3-8-21(20)29-23/h2-3,7-8,10-11,14,17H,4-6,9,12-13,15H2,1H3. The summed E-state index contributed by atoms with van der Waals surface area (Å²) in [6.45, 7) is 3.92. The molecule has 29 heavy (non-hydrogen) atoms. The summed E-state index contributed by atoms with van der Waals surface area (Å²) in [5.74, 6) is 1.86. The molecule has 0 bridgehead atoms. The molecule has 0 spiro atoms. The number of fused-ring (bicyclic) bond motifs is 1. The molecule has 2 heterocycles. The normalized spacial score (nSPS) is 16.9. The summed E-state index contributed by atoms with van der Waals surface area (Å²) in [4.78, 5) is 19.2. The number of aryl methyl sites for hydroxylation is 1. The van der Waals surface area contributed by atoms with Gasteiger partial charge in [-0.25, -0.2) is 4.98 Å². The largest absolute Gasteiger partial charge is 0.494 e. The first-order chi connectivity index (χ1) is 14.1. The fourth-order valence-corrected chi connectivity index (χ4v) is 3.87. The quantitative estimate of drug-likeness (QED) is 0.512. The Morgan fingerprint density at radius 1 is 1.31 bits per heavy atom. The van der Waals surface area contributed by atoms with Gasteiger partial charge in [-0.2, -0.15) is 0 Å². The molecule has 1 amide bonds. The number of benzene rings is 2. The van der Waals surface area contributed by atoms with Crippen molar-refractivity contribution in [3.8, 4) is 5.75 Å². The summed E-state index contributed by atoms with van der Waals surface area (Å²) < 4.78 is 11.7. The number of hydrogen-bond donors (Lipinski definition) is 0. The number of para-hydroxylation sites is 2. The van der Waals surface area contributed by atoms with Crippen LogP contribution in [0, 0.1) is 6.92 Å². The van der Waals surface area contributed by atoms with Crippen LogP contribution in [0.2, 0.25) is 5.02 Å². The van der Waals surface area contributed by atoms with E-state index in [1.54, 1.807) is 0 Å². The van der Waals surface area contributed by atoms with Crippen LogP contribution in [0.3, 0.4) is 0 Å². The van der Waals surface area contributed by atoms with Crippen LogP contribution in [-0.4, -0.2) is 35.5 Å². The Labute approximate surface area is 175 Å². The third-order valence-electron chi connectivity index (χ3n) is 5.37. The van der Waals surface area contributed by atoms with Gasteiger partial charge in [-0.05, 0) is 62.1 Å². The SMILES string of the molecule is Cc1cc(OCCCC(=O)N2CCCC(c3nc4ccccc4o3)C2)ccc1Cl. The number of piperidine rings is 1. The van der Waals surface area contributed by atoms with Crippen LogP contribution in [-0.2, 0) is 4.79 Å². The molecule has 0 N–H and O–H groups in total. The van der Waals surface area contributed by atoms with Gasteiger partial charge in [0.25, 0.3) is 0 Å². The van der Waals surface area contributed by atoms with Gasteiger partial charge in [-0.1, -0.05) is 23.7 Å². The summed E-state index contributed by atoms with van der Waals surface area (Å²) in [5, 5.41) is 0.728. The van der Waals surface area contributed by atoms with Gasteiger partial charge in [-0.15, -0.1) is 0 Å². The van der Waals surface area contributed by atoms with Gasteiger partial charge in [0.1, 0.15) is 11.3 Å². The molecule has 152 valence electrons. The molecule has 0 radical (unpaired) electrons. The number of nitrogens with zero attached hydrogens (tertiary/aromatic N) is 2. The summed E-state index contributed by atoms with van der Waals surface area (Å²) >= 11 is 6.03. The second-order valence-corrected chi connectivity index (χ2v) is 7.97. The molecule has 2 aromatic carbocycles. The van der Waals surface area contributed by atoms with Crippen LogP contribution >= 0.6 is 11.6 Å². The summed E-state index contributed by atoms with van der Waals surface area (Å²) in [7, 11) is 0. The number of oxazole rings is 1. The van der Waals surface area contributed by atoms with E-state index < -0.39 is 0 Å². The fourth-order valence-electron chi connectivity index (χ4n) is 3.75. The van der Waals surface area contributed by atoms with E-state index in [4.69, 9.17) is 20.8 Å². The van der Waals surface area contributed by atoms with E-state index in [1.807, 2.05) is 54.3 Å². The highest BCUT2D eigenvalue weighted by molar-refractivity contribution is 6.31. The van der Waals surface area contributed by atoms with Crippen LogP contribution in [0.25, 0.3) is 11.1 Å². The Bertz CT molecular complexity index is 968. The number of aromatic nitrogens is 1. The first kappa shape index (κ1) is 19.8. The highest BCUT2D eigenvalue weighted by atomic mass is 35.5. The average molecular weight is 413 g/mol. The molecular weight excluding hydrogens is 388 g/mol. The van der Waals surface area contributed by atoms with Crippen molar-refractivity contribution in [3.05, 3.63) is 58.9 Å². The number of ether oxygens (including phenoxy) is 1. The van der Waals surface area contributed by atoms with Gasteiger partial charge >= 0.3 is 0 Å². The molecule has 1 aliphatic heterocycles. The minimum atomic E-state index is 0.161. The average Bonchev–Trinajstić information content (AvgIpc) is 3.18. The van der Waals surface area contributed by atoms with Gasteiger partial charge in [-0.3, -0.25) is 4.79 Å². The minimum Gasteiger partial charge on any atom is -0.494 e. The number of rotatable bonds is 6. The number of amides is 1. The topological polar surface area (TPSA) is 55.6 Å². The van der Waals surface area contributed by atoms with E-state index in [9.17, 15) is 4.79 Å². The minimum absolute atomic E-state index is 0.161. The molecule has 1 unspecified atom stereocenters. The van der Waals surface area contributed by atoms with Crippen molar-refractivity contribution in [3.63, 3.8) is 0 Å². The first-order valence-electron chi connectivity index (χ1n) is 10.1. The Morgan fingerprint density at radius 2 is 2.17 bits per heavy atom. The van der Waals surface area contributed by atoms with Crippen molar-refractivity contribution in [1.82, 2.24) is 9.88 Å². The molecule has 1 atom stereocenters. The van der Waals surface area contributed by atoms with Crippen molar-refractivity contribution in [2.45, 2.75) is 38.5 Å². The van der Waals surface area contributed by atoms with E-state index in [0.717, 1.165) is 52.7 Å². The lowest BCUT2D eigenvalue weighted by molar-refractivity contribution is -0.132. The lowest BCUT2D eigenvalue weighted by Crippen LogP contribution is -2.39. The van der Waals surface area contributed by atoms with Crippen molar-refractivity contribution >= 4 is 28.6 Å². The monoisotopic (exact) mass is 412 g/mol. The van der Waals surface area contributed by atoms with E-state index in [1.165, 1.54) is 0 Å². The highest BCUT2D eigenvalue weighted by Gasteiger charge is 2.27. The second-order valence-electron chi connectivity index (χ2n) is 7.56. The predicted octanol–water partition coefficient (Wildman–Crippen LogP) is 5.35. The number of halogens is 1. The fraction of sp³-hybridized carbons (Fsp3) is 0.391. The van der Waals surface area contributed by atoms with Crippen molar-refractivity contribution in [2.75, 3.05) is 19.7 Å². The maximum atomic E-state index is 12.7. The summed E-state index contributed by atoms with van der Waals surface area (Å²) in [6, 6.07) is 13.4. The number of hydrogen-bond acceptors (Lipinski definition) is 4. The molecule has 6 heteroatoms. The summed E-state index contributed by atoms with van der Waals surface area (Å²) in [6.07, 6.45) is 3.13. The van der Waals surface area contributed by atoms with Crippen LogP contribution in [0.4, 0.5) is 0 Å². The molecule has 3 aromatic rings. The molecular formula is C23H25ClN2O3. The predicted molar refractivity (Wildman–Crippen MR) is 113 cm³/mol. The molecule has 5 nitrogen and oxygen atoms in total. The van der Waals surface area contributed by atoms with Crippen LogP contribution in [0.15, 0.2) is 46.9 Å². The zero-order valence-electron chi connectivity index (χ0n) is 16.6. The van der Waals surface area contributed by atoms with E-state index in [-0.39, 0.29) is 11.8 Å². The van der Waals surface area contributed by atoms with Gasteiger partial charge in [0.05, 0.1) is 12.5 Å². The number of likely N-dealkylation sites (tertiary alicyclic amines) is 1. The van der Waals surface area contributed by atoms with Gasteiger partial charge < -0.3 is 14.1 Å². The lowest BCUT2D eigenvalue weighted by Gasteiger charge is -2.31. The van der Waals surface area contributed by atoms with E-state index in [2.05, 4.69) is 4.98 Å². The summed E-state index contributed by atoms with van der Waals surface area (Å²) in [5.41, 5.74) is 2.67. The van der Waals surface area contributed by atoms with Gasteiger partial charge in [0.15, 0.2) is 11.5 Å². The molecule has 1 saturated heterocycles. The molecule has 0 saturated carbocycles. The third-order valence-corrected chi connectivity index (χ3v) is 5.79. The van der Waals surface area contributed by atoms with Crippen molar-refractivity contribution in [1.29, 1.82) is 0 Å². The maximum Gasteiger partial charge on any atom is 0.222 e. The smallest absolute Gasteiger partial charge is 0.222 e. The first-order valence-corrected chi connectivity index (χ1v) is 10.5. The van der Waals surface area contributed by atoms with Crippen LogP contribution < -0.4 is 4.74 Å². The van der Waals surface area contributed by atoms with Gasteiger partial charge in [0.2, 0.25) is 5.91 Å². The maximum absolute atomic E-state index is 12.7. The lowest BCUT2D eigenvalue weighted by atomic mass is 9.97. The Morgan fingerprint density at radius 3 is 3.00 bits per heavy atom.